The van der Waals surface area contributed by atoms with Crippen molar-refractivity contribution in [3.8, 4) is 11.5 Å². The third-order valence-electron chi connectivity index (χ3n) is 13.2. The van der Waals surface area contributed by atoms with Crippen molar-refractivity contribution in [1.29, 1.82) is 0 Å². The quantitative estimate of drug-likeness (QED) is 0.0717. The van der Waals surface area contributed by atoms with Gasteiger partial charge in [-0.3, -0.25) is 0 Å². The van der Waals surface area contributed by atoms with E-state index in [1.54, 1.807) is 24.1 Å². The molecule has 1 amide bonds. The van der Waals surface area contributed by atoms with Crippen molar-refractivity contribution in [2.45, 2.75) is 108 Å². The molecule has 12 heteroatoms. The van der Waals surface area contributed by atoms with E-state index in [2.05, 4.69) is 87.7 Å². The van der Waals surface area contributed by atoms with Crippen molar-refractivity contribution in [1.82, 2.24) is 4.90 Å². The van der Waals surface area contributed by atoms with Crippen molar-refractivity contribution in [3.63, 3.8) is 0 Å². The van der Waals surface area contributed by atoms with E-state index in [-0.39, 0.29) is 36.6 Å². The average molecular weight is 882 g/mol. The molecule has 3 heterocycles. The number of ether oxygens (including phenoxy) is 5. The summed E-state index contributed by atoms with van der Waals surface area (Å²) in [5.41, 5.74) is 5.95. The fourth-order valence-electron chi connectivity index (χ4n) is 10.2. The van der Waals surface area contributed by atoms with Gasteiger partial charge >= 0.3 is 6.09 Å². The van der Waals surface area contributed by atoms with Gasteiger partial charge < -0.3 is 42.8 Å². The Hall–Kier alpha value is -4.62. The molecular formula is C51H68FN3O7Si. The number of nitrogens with zero attached hydrogens (tertiary/aromatic N) is 3. The fraction of sp³-hybridized carbons (Fsp3) is 0.510. The molecule has 340 valence electrons. The van der Waals surface area contributed by atoms with E-state index in [1.807, 2.05) is 42.5 Å². The monoisotopic (exact) mass is 881 g/mol. The third-order valence-corrected chi connectivity index (χ3v) is 19.4. The van der Waals surface area contributed by atoms with Crippen molar-refractivity contribution >= 4 is 25.8 Å². The van der Waals surface area contributed by atoms with E-state index in [1.165, 1.54) is 6.07 Å². The van der Waals surface area contributed by atoms with E-state index in [4.69, 9.17) is 28.1 Å². The van der Waals surface area contributed by atoms with Crippen LogP contribution in [0.5, 0.6) is 11.5 Å². The Labute approximate surface area is 375 Å². The number of rotatable bonds is 18. The van der Waals surface area contributed by atoms with Gasteiger partial charge in [-0.25, -0.2) is 9.18 Å². The molecule has 0 spiro atoms. The summed E-state index contributed by atoms with van der Waals surface area (Å²) in [4.78, 5) is 20.5. The lowest BCUT2D eigenvalue weighted by Gasteiger charge is -2.50. The highest BCUT2D eigenvalue weighted by Gasteiger charge is 2.51. The van der Waals surface area contributed by atoms with Crippen LogP contribution in [0.15, 0.2) is 97.1 Å². The van der Waals surface area contributed by atoms with Gasteiger partial charge in [-0.15, -0.1) is 0 Å². The van der Waals surface area contributed by atoms with Crippen LogP contribution < -0.4 is 19.3 Å². The van der Waals surface area contributed by atoms with Crippen LogP contribution in [0, 0.1) is 5.82 Å². The lowest BCUT2D eigenvalue weighted by Crippen LogP contribution is -2.59. The molecule has 4 aromatic carbocycles. The zero-order valence-electron chi connectivity index (χ0n) is 38.3. The molecule has 0 radical (unpaired) electrons. The van der Waals surface area contributed by atoms with Crippen molar-refractivity contribution in [2.75, 3.05) is 69.4 Å². The number of fused-ring (bicyclic) bond motifs is 1. The molecule has 0 saturated carbocycles. The Morgan fingerprint density at radius 1 is 0.810 bits per heavy atom. The summed E-state index contributed by atoms with van der Waals surface area (Å²) in [6.45, 7) is 19.5. The van der Waals surface area contributed by atoms with Gasteiger partial charge in [0.1, 0.15) is 36.6 Å². The fourth-order valence-corrected chi connectivity index (χ4v) is 15.8. The Bertz CT molecular complexity index is 2050. The summed E-state index contributed by atoms with van der Waals surface area (Å²) in [6.07, 6.45) is 0.581. The maximum atomic E-state index is 14.1. The smallest absolute Gasteiger partial charge is 0.410 e. The Kier molecular flexibility index (Phi) is 15.7. The minimum Gasteiger partial charge on any atom is -0.490 e. The minimum absolute atomic E-state index is 0.0240. The number of benzene rings is 4. The molecule has 2 fully saturated rings. The number of likely N-dealkylation sites (tertiary alicyclic amines) is 1. The van der Waals surface area contributed by atoms with Gasteiger partial charge in [-0.2, -0.15) is 0 Å². The molecule has 7 rings (SSSR count). The van der Waals surface area contributed by atoms with E-state index in [9.17, 15) is 9.18 Å². The van der Waals surface area contributed by atoms with Crippen LogP contribution in [-0.2, 0) is 31.9 Å². The maximum Gasteiger partial charge on any atom is 0.410 e. The molecule has 2 saturated heterocycles. The van der Waals surface area contributed by atoms with E-state index >= 15 is 0 Å². The predicted molar refractivity (Wildman–Crippen MR) is 250 cm³/mol. The van der Waals surface area contributed by atoms with Gasteiger partial charge in [0.2, 0.25) is 8.32 Å². The number of amides is 1. The number of carbonyl (C=O) groups excluding carboxylic acids is 1. The molecule has 4 aromatic rings. The first-order valence-electron chi connectivity index (χ1n) is 23.0. The topological polar surface area (TPSA) is 82.2 Å². The average Bonchev–Trinajstić information content (AvgIpc) is 3.75. The van der Waals surface area contributed by atoms with Crippen LogP contribution in [0.3, 0.4) is 0 Å². The highest BCUT2D eigenvalue weighted by Crippen LogP contribution is 2.46. The van der Waals surface area contributed by atoms with Crippen LogP contribution in [-0.4, -0.2) is 97.2 Å². The van der Waals surface area contributed by atoms with Gasteiger partial charge in [0.05, 0.1) is 44.1 Å². The number of carbonyl (C=O) groups is 1. The highest BCUT2D eigenvalue weighted by molar-refractivity contribution is 6.77. The lowest BCUT2D eigenvalue weighted by molar-refractivity contribution is -0.0663. The first-order valence-corrected chi connectivity index (χ1v) is 25.1. The zero-order valence-corrected chi connectivity index (χ0v) is 39.3. The Balaban J connectivity index is 1.18. The molecule has 3 aliphatic heterocycles. The molecule has 0 aliphatic carbocycles. The number of piperidine rings is 1. The molecule has 0 N–H and O–H groups in total. The van der Waals surface area contributed by atoms with Crippen molar-refractivity contribution < 1.29 is 37.3 Å². The summed E-state index contributed by atoms with van der Waals surface area (Å²) in [5.74, 6) is 1.22. The highest BCUT2D eigenvalue weighted by atomic mass is 28.4. The van der Waals surface area contributed by atoms with Gasteiger partial charge in [0.25, 0.3) is 0 Å². The molecule has 4 unspecified atom stereocenters. The number of halogens is 1. The lowest BCUT2D eigenvalue weighted by atomic mass is 9.84. The molecular weight excluding hydrogens is 814 g/mol. The summed E-state index contributed by atoms with van der Waals surface area (Å²) in [5, 5.41) is 0. The van der Waals surface area contributed by atoms with E-state index in [0.717, 1.165) is 72.0 Å². The standard InChI is InChI=1S/C51H68FN3O7Si/c1-36(2)63(37(3)4,38(5)6)62-49-33-55(51(56)60-34-39-13-9-8-10-14-39)32-48(59-35-40-17-22-47-46(29-40)53(26-28-58-47)24-12-27-57-7)50(49)41-18-20-44(21-19-41)61-45-23-25-54(31-45)43-16-11-15-42(52)30-43/h8-11,13-22,29-30,36-38,45,48-50H,12,23-28,31-35H2,1-7H3. The summed E-state index contributed by atoms with van der Waals surface area (Å²) >= 11 is 0. The van der Waals surface area contributed by atoms with E-state index in [0.29, 0.717) is 56.1 Å². The Morgan fingerprint density at radius 3 is 2.27 bits per heavy atom. The number of anilines is 2. The summed E-state index contributed by atoms with van der Waals surface area (Å²) in [7, 11) is -0.732. The molecule has 4 atom stereocenters. The number of hydrogen-bond acceptors (Lipinski definition) is 9. The zero-order chi connectivity index (χ0) is 44.5. The van der Waals surface area contributed by atoms with E-state index < -0.39 is 14.4 Å². The predicted octanol–water partition coefficient (Wildman–Crippen LogP) is 10.6. The second-order valence-corrected chi connectivity index (χ2v) is 23.7. The van der Waals surface area contributed by atoms with Crippen molar-refractivity contribution in [3.05, 3.63) is 120 Å². The van der Waals surface area contributed by atoms with Gasteiger partial charge in [0.15, 0.2) is 0 Å². The first-order chi connectivity index (χ1) is 30.4. The largest absolute Gasteiger partial charge is 0.490 e. The van der Waals surface area contributed by atoms with Crippen LogP contribution in [0.2, 0.25) is 16.6 Å². The van der Waals surface area contributed by atoms with Crippen molar-refractivity contribution in [2.24, 2.45) is 0 Å². The summed E-state index contributed by atoms with van der Waals surface area (Å²) < 4.78 is 52.8. The van der Waals surface area contributed by atoms with Crippen LogP contribution in [0.25, 0.3) is 0 Å². The molecule has 0 aromatic heterocycles. The Morgan fingerprint density at radius 2 is 1.56 bits per heavy atom. The SMILES string of the molecule is COCCCN1CCOc2ccc(COC3CN(C(=O)OCc4ccccc4)CC(O[Si](C(C)C)(C(C)C)C(C)C)C3c3ccc(OC4CCN(c5cccc(F)c5)C4)cc3)cc21. The third kappa shape index (κ3) is 11.2. The van der Waals surface area contributed by atoms with Crippen LogP contribution in [0.4, 0.5) is 20.6 Å². The normalized spacial score (nSPS) is 20.3. The number of hydrogen-bond donors (Lipinski definition) is 0. The molecule has 10 nitrogen and oxygen atoms in total. The molecule has 3 aliphatic rings. The van der Waals surface area contributed by atoms with Gasteiger partial charge in [-0.05, 0) is 82.2 Å². The van der Waals surface area contributed by atoms with Gasteiger partial charge in [-0.1, -0.05) is 96.1 Å². The molecule has 0 bridgehead atoms. The molecule has 63 heavy (non-hydrogen) atoms. The van der Waals surface area contributed by atoms with Crippen LogP contribution in [0.1, 0.15) is 77.0 Å². The van der Waals surface area contributed by atoms with Gasteiger partial charge in [0, 0.05) is 51.4 Å². The van der Waals surface area contributed by atoms with Crippen LogP contribution >= 0.6 is 0 Å². The number of methoxy groups -OCH3 is 1. The second-order valence-electron chi connectivity index (χ2n) is 18.3. The minimum atomic E-state index is -2.47. The first kappa shape index (κ1) is 46.4. The maximum absolute atomic E-state index is 14.1. The summed E-state index contributed by atoms with van der Waals surface area (Å²) in [6, 6.07) is 31.2. The second kappa shape index (κ2) is 21.4.